The fourth-order valence-corrected chi connectivity index (χ4v) is 2.05. The smallest absolute Gasteiger partial charge is 0.224 e. The maximum absolute atomic E-state index is 11.9. The van der Waals surface area contributed by atoms with Crippen molar-refractivity contribution in [1.29, 1.82) is 5.26 Å². The molecule has 21 heavy (non-hydrogen) atoms. The number of carbonyl (C=O) groups is 1. The summed E-state index contributed by atoms with van der Waals surface area (Å²) in [5.74, 6) is 1.53. The molecule has 0 saturated carbocycles. The van der Waals surface area contributed by atoms with Gasteiger partial charge in [0.25, 0.3) is 0 Å². The van der Waals surface area contributed by atoms with Crippen LogP contribution in [0.1, 0.15) is 30.1 Å². The van der Waals surface area contributed by atoms with E-state index in [-0.39, 0.29) is 5.91 Å². The lowest BCUT2D eigenvalue weighted by Crippen LogP contribution is -2.13. The van der Waals surface area contributed by atoms with E-state index in [1.165, 1.54) is 0 Å². The number of nitrogens with one attached hydrogen (secondary N) is 1. The zero-order chi connectivity index (χ0) is 15.2. The molecule has 0 saturated heterocycles. The van der Waals surface area contributed by atoms with Crippen molar-refractivity contribution in [3.8, 4) is 6.07 Å². The van der Waals surface area contributed by atoms with Crippen LogP contribution in [0.2, 0.25) is 0 Å². The summed E-state index contributed by atoms with van der Waals surface area (Å²) in [7, 11) is 0. The summed E-state index contributed by atoms with van der Waals surface area (Å²) in [6.07, 6.45) is 1.09. The van der Waals surface area contributed by atoms with Gasteiger partial charge in [-0.05, 0) is 38.5 Å². The van der Waals surface area contributed by atoms with Gasteiger partial charge in [-0.2, -0.15) is 10.4 Å². The lowest BCUT2D eigenvalue weighted by Gasteiger charge is -2.06. The summed E-state index contributed by atoms with van der Waals surface area (Å²) >= 11 is 0. The van der Waals surface area contributed by atoms with Crippen LogP contribution in [0.15, 0.2) is 24.3 Å². The van der Waals surface area contributed by atoms with Crippen LogP contribution in [-0.4, -0.2) is 20.7 Å². The molecule has 6 nitrogen and oxygen atoms in total. The van der Waals surface area contributed by atoms with Crippen LogP contribution in [0.25, 0.3) is 0 Å². The van der Waals surface area contributed by atoms with E-state index in [1.807, 2.05) is 19.9 Å². The molecule has 1 N–H and O–H groups in total. The molecule has 1 heterocycles. The van der Waals surface area contributed by atoms with Crippen molar-refractivity contribution in [2.75, 3.05) is 5.32 Å². The van der Waals surface area contributed by atoms with E-state index < -0.39 is 0 Å². The Morgan fingerprint density at radius 1 is 1.43 bits per heavy atom. The third-order valence-corrected chi connectivity index (χ3v) is 3.01. The van der Waals surface area contributed by atoms with Gasteiger partial charge in [-0.3, -0.25) is 9.48 Å². The van der Waals surface area contributed by atoms with Gasteiger partial charge < -0.3 is 5.32 Å². The summed E-state index contributed by atoms with van der Waals surface area (Å²) in [4.78, 5) is 16.1. The first-order chi connectivity index (χ1) is 10.1. The van der Waals surface area contributed by atoms with Crippen LogP contribution in [0.5, 0.6) is 0 Å². The van der Waals surface area contributed by atoms with Crippen LogP contribution < -0.4 is 5.32 Å². The Morgan fingerprint density at radius 2 is 2.24 bits per heavy atom. The van der Waals surface area contributed by atoms with Crippen molar-refractivity contribution in [3.05, 3.63) is 41.5 Å². The topological polar surface area (TPSA) is 83.6 Å². The van der Waals surface area contributed by atoms with Crippen LogP contribution in [-0.2, 0) is 11.3 Å². The number of nitrogens with zero attached hydrogens (tertiary/aromatic N) is 4. The Balaban J connectivity index is 1.82. The predicted octanol–water partition coefficient (Wildman–Crippen LogP) is 2.19. The third kappa shape index (κ3) is 4.14. The van der Waals surface area contributed by atoms with Gasteiger partial charge in [0.1, 0.15) is 11.6 Å². The first kappa shape index (κ1) is 14.7. The fraction of sp³-hybridized carbons (Fsp3) is 0.333. The van der Waals surface area contributed by atoms with E-state index in [0.717, 1.165) is 11.6 Å². The van der Waals surface area contributed by atoms with E-state index in [4.69, 9.17) is 5.26 Å². The second kappa shape index (κ2) is 6.66. The standard InChI is InChI=1S/C15H17N5O/c1-11-17-12(2)20(19-11)8-4-7-15(21)18-14-6-3-5-13(9-14)10-16/h3,5-6,9H,4,7-8H2,1-2H3,(H,18,21). The first-order valence-corrected chi connectivity index (χ1v) is 6.76. The van der Waals surface area contributed by atoms with Crippen molar-refractivity contribution in [3.63, 3.8) is 0 Å². The molecule has 1 aromatic carbocycles. The van der Waals surface area contributed by atoms with Crippen molar-refractivity contribution >= 4 is 11.6 Å². The van der Waals surface area contributed by atoms with Gasteiger partial charge >= 0.3 is 0 Å². The van der Waals surface area contributed by atoms with Gasteiger partial charge in [-0.15, -0.1) is 0 Å². The second-order valence-electron chi connectivity index (χ2n) is 4.77. The van der Waals surface area contributed by atoms with Crippen LogP contribution in [0.4, 0.5) is 5.69 Å². The van der Waals surface area contributed by atoms with Crippen LogP contribution >= 0.6 is 0 Å². The molecule has 1 aromatic heterocycles. The molecule has 0 aliphatic heterocycles. The molecule has 6 heteroatoms. The molecule has 1 amide bonds. The normalized spacial score (nSPS) is 10.1. The maximum atomic E-state index is 11.9. The van der Waals surface area contributed by atoms with Gasteiger partial charge in [0.05, 0.1) is 11.6 Å². The molecule has 0 atom stereocenters. The maximum Gasteiger partial charge on any atom is 0.224 e. The van der Waals surface area contributed by atoms with Gasteiger partial charge in [0.2, 0.25) is 5.91 Å². The van der Waals surface area contributed by atoms with Gasteiger partial charge in [0.15, 0.2) is 0 Å². The Bertz CT molecular complexity index is 684. The monoisotopic (exact) mass is 283 g/mol. The summed E-state index contributed by atoms with van der Waals surface area (Å²) in [6.45, 7) is 4.41. The van der Waals surface area contributed by atoms with E-state index in [9.17, 15) is 4.79 Å². The minimum absolute atomic E-state index is 0.0698. The quantitative estimate of drug-likeness (QED) is 0.911. The molecule has 108 valence electrons. The average molecular weight is 283 g/mol. The van der Waals surface area contributed by atoms with Crippen LogP contribution in [0, 0.1) is 25.2 Å². The minimum Gasteiger partial charge on any atom is -0.326 e. The lowest BCUT2D eigenvalue weighted by atomic mass is 10.2. The number of amides is 1. The summed E-state index contributed by atoms with van der Waals surface area (Å²) in [6, 6.07) is 8.91. The Kier molecular flexibility index (Phi) is 4.67. The predicted molar refractivity (Wildman–Crippen MR) is 78.5 cm³/mol. The molecule has 0 radical (unpaired) electrons. The first-order valence-electron chi connectivity index (χ1n) is 6.76. The van der Waals surface area contributed by atoms with E-state index in [1.54, 1.807) is 28.9 Å². The lowest BCUT2D eigenvalue weighted by molar-refractivity contribution is -0.116. The highest BCUT2D eigenvalue weighted by Gasteiger charge is 2.06. The minimum atomic E-state index is -0.0698. The van der Waals surface area contributed by atoms with Gasteiger partial charge in [-0.25, -0.2) is 4.98 Å². The number of carbonyl (C=O) groups excluding carboxylic acids is 1. The zero-order valence-electron chi connectivity index (χ0n) is 12.1. The second-order valence-corrected chi connectivity index (χ2v) is 4.77. The number of rotatable bonds is 5. The summed E-state index contributed by atoms with van der Waals surface area (Å²) in [5, 5.41) is 15.9. The number of hydrogen-bond donors (Lipinski definition) is 1. The van der Waals surface area contributed by atoms with E-state index in [0.29, 0.717) is 30.6 Å². The summed E-state index contributed by atoms with van der Waals surface area (Å²) < 4.78 is 1.80. The highest BCUT2D eigenvalue weighted by molar-refractivity contribution is 5.90. The SMILES string of the molecule is Cc1nc(C)n(CCCC(=O)Nc2cccc(C#N)c2)n1. The number of aromatic nitrogens is 3. The van der Waals surface area contributed by atoms with Crippen molar-refractivity contribution < 1.29 is 4.79 Å². The number of hydrogen-bond acceptors (Lipinski definition) is 4. The average Bonchev–Trinajstić information content (AvgIpc) is 2.77. The Labute approximate surface area is 123 Å². The third-order valence-electron chi connectivity index (χ3n) is 3.01. The largest absolute Gasteiger partial charge is 0.326 e. The van der Waals surface area contributed by atoms with Crippen molar-refractivity contribution in [1.82, 2.24) is 14.8 Å². The molecule has 0 aliphatic rings. The fourth-order valence-electron chi connectivity index (χ4n) is 2.05. The number of anilines is 1. The molecule has 0 bridgehead atoms. The molecular weight excluding hydrogens is 266 g/mol. The number of benzene rings is 1. The Morgan fingerprint density at radius 3 is 2.90 bits per heavy atom. The zero-order valence-corrected chi connectivity index (χ0v) is 12.1. The highest BCUT2D eigenvalue weighted by Crippen LogP contribution is 2.10. The Hall–Kier alpha value is -2.68. The molecule has 0 fully saturated rings. The highest BCUT2D eigenvalue weighted by atomic mass is 16.1. The molecular formula is C15H17N5O. The molecule has 0 spiro atoms. The number of aryl methyl sites for hydroxylation is 3. The van der Waals surface area contributed by atoms with E-state index >= 15 is 0 Å². The summed E-state index contributed by atoms with van der Waals surface area (Å²) in [5.41, 5.74) is 1.17. The molecule has 2 rings (SSSR count). The van der Waals surface area contributed by atoms with Crippen molar-refractivity contribution in [2.45, 2.75) is 33.2 Å². The molecule has 0 aliphatic carbocycles. The number of nitriles is 1. The van der Waals surface area contributed by atoms with Gasteiger partial charge in [0, 0.05) is 18.7 Å². The van der Waals surface area contributed by atoms with Crippen molar-refractivity contribution in [2.24, 2.45) is 0 Å². The van der Waals surface area contributed by atoms with E-state index in [2.05, 4.69) is 15.4 Å². The molecule has 0 unspecified atom stereocenters. The molecule has 2 aromatic rings. The van der Waals surface area contributed by atoms with Gasteiger partial charge in [-0.1, -0.05) is 6.07 Å². The van der Waals surface area contributed by atoms with Crippen LogP contribution in [0.3, 0.4) is 0 Å².